The van der Waals surface area contributed by atoms with Gasteiger partial charge in [-0.1, -0.05) is 0 Å². The molecule has 2 aliphatic rings. The number of hydrazine groups is 1. The third-order valence-electron chi connectivity index (χ3n) is 3.82. The smallest absolute Gasteiger partial charge is 0.0259 e. The van der Waals surface area contributed by atoms with Gasteiger partial charge >= 0.3 is 0 Å². The minimum Gasteiger partial charge on any atom is -0.306 e. The number of piperazine rings is 1. The molecule has 0 amide bonds. The normalized spacial score (nSPS) is 31.5. The Morgan fingerprint density at radius 1 is 0.812 bits per heavy atom. The maximum Gasteiger partial charge on any atom is 0.0259 e. The summed E-state index contributed by atoms with van der Waals surface area (Å²) < 4.78 is 0. The molecule has 16 heavy (non-hydrogen) atoms. The van der Waals surface area contributed by atoms with Gasteiger partial charge in [0.25, 0.3) is 0 Å². The quantitative estimate of drug-likeness (QED) is 0.727. The van der Waals surface area contributed by atoms with Crippen LogP contribution in [0.5, 0.6) is 0 Å². The SMILES string of the molecule is CN1CCCC(NN2CCN(C)CC2)CC1. The van der Waals surface area contributed by atoms with E-state index in [4.69, 9.17) is 0 Å². The van der Waals surface area contributed by atoms with Gasteiger partial charge in [-0.05, 0) is 46.4 Å². The molecule has 0 bridgehead atoms. The first-order chi connectivity index (χ1) is 7.74. The molecule has 0 radical (unpaired) electrons. The molecule has 0 aliphatic carbocycles. The molecule has 0 saturated carbocycles. The van der Waals surface area contributed by atoms with Gasteiger partial charge in [0.05, 0.1) is 0 Å². The molecule has 2 heterocycles. The van der Waals surface area contributed by atoms with Crippen LogP contribution >= 0.6 is 0 Å². The predicted octanol–water partition coefficient (Wildman–Crippen LogP) is 0.223. The number of hydrogen-bond acceptors (Lipinski definition) is 4. The van der Waals surface area contributed by atoms with Crippen molar-refractivity contribution in [1.82, 2.24) is 20.2 Å². The number of hydrogen-bond donors (Lipinski definition) is 1. The Kier molecular flexibility index (Phi) is 4.58. The predicted molar refractivity (Wildman–Crippen MR) is 67.3 cm³/mol. The average Bonchev–Trinajstić information content (AvgIpc) is 2.47. The van der Waals surface area contributed by atoms with Crippen molar-refractivity contribution < 1.29 is 0 Å². The summed E-state index contributed by atoms with van der Waals surface area (Å²) in [5.74, 6) is 0. The first kappa shape index (κ1) is 12.3. The molecule has 0 aromatic heterocycles. The average molecular weight is 226 g/mol. The Labute approximate surface area is 99.5 Å². The molecule has 1 N–H and O–H groups in total. The van der Waals surface area contributed by atoms with E-state index in [1.54, 1.807) is 0 Å². The van der Waals surface area contributed by atoms with Crippen molar-refractivity contribution in [2.75, 3.05) is 53.4 Å². The minimum absolute atomic E-state index is 0.702. The third kappa shape index (κ3) is 3.70. The zero-order chi connectivity index (χ0) is 11.4. The van der Waals surface area contributed by atoms with Crippen molar-refractivity contribution in [2.45, 2.75) is 25.3 Å². The first-order valence-electron chi connectivity index (χ1n) is 6.62. The van der Waals surface area contributed by atoms with Crippen LogP contribution in [0.2, 0.25) is 0 Å². The second-order valence-electron chi connectivity index (χ2n) is 5.35. The highest BCUT2D eigenvalue weighted by Crippen LogP contribution is 2.10. The fourth-order valence-electron chi connectivity index (χ4n) is 2.56. The Hall–Kier alpha value is -0.160. The monoisotopic (exact) mass is 226 g/mol. The van der Waals surface area contributed by atoms with Gasteiger partial charge in [0.15, 0.2) is 0 Å². The van der Waals surface area contributed by atoms with Crippen molar-refractivity contribution in [1.29, 1.82) is 0 Å². The molecule has 2 rings (SSSR count). The standard InChI is InChI=1S/C12H26N4/c1-14-6-3-4-12(5-7-14)13-16-10-8-15(2)9-11-16/h12-13H,3-11H2,1-2H3. The Balaban J connectivity index is 1.72. The lowest BCUT2D eigenvalue weighted by molar-refractivity contribution is 0.0835. The van der Waals surface area contributed by atoms with E-state index in [-0.39, 0.29) is 0 Å². The lowest BCUT2D eigenvalue weighted by Crippen LogP contribution is -2.53. The van der Waals surface area contributed by atoms with E-state index < -0.39 is 0 Å². The zero-order valence-electron chi connectivity index (χ0n) is 10.8. The van der Waals surface area contributed by atoms with Crippen LogP contribution in [0.15, 0.2) is 0 Å². The second-order valence-corrected chi connectivity index (χ2v) is 5.35. The summed E-state index contributed by atoms with van der Waals surface area (Å²) in [4.78, 5) is 4.85. The fourth-order valence-corrected chi connectivity index (χ4v) is 2.56. The van der Waals surface area contributed by atoms with E-state index in [0.29, 0.717) is 6.04 Å². The maximum absolute atomic E-state index is 3.72. The largest absolute Gasteiger partial charge is 0.306 e. The topological polar surface area (TPSA) is 21.8 Å². The Morgan fingerprint density at radius 2 is 1.50 bits per heavy atom. The molecule has 4 nitrogen and oxygen atoms in total. The van der Waals surface area contributed by atoms with Crippen LogP contribution in [0.25, 0.3) is 0 Å². The van der Waals surface area contributed by atoms with Gasteiger partial charge in [-0.3, -0.25) is 5.43 Å². The third-order valence-corrected chi connectivity index (χ3v) is 3.82. The summed E-state index contributed by atoms with van der Waals surface area (Å²) in [6, 6.07) is 0.702. The molecule has 0 spiro atoms. The molecule has 94 valence electrons. The molecule has 1 unspecified atom stereocenters. The van der Waals surface area contributed by atoms with Gasteiger partial charge in [-0.25, -0.2) is 5.01 Å². The van der Waals surface area contributed by atoms with Crippen LogP contribution in [-0.4, -0.2) is 74.2 Å². The van der Waals surface area contributed by atoms with Crippen molar-refractivity contribution in [2.24, 2.45) is 0 Å². The molecule has 2 fully saturated rings. The molecule has 2 aliphatic heterocycles. The molecular formula is C12H26N4. The summed E-state index contributed by atoms with van der Waals surface area (Å²) in [5, 5.41) is 2.43. The number of nitrogens with zero attached hydrogens (tertiary/aromatic N) is 3. The summed E-state index contributed by atoms with van der Waals surface area (Å²) in [6.07, 6.45) is 3.96. The van der Waals surface area contributed by atoms with Crippen molar-refractivity contribution in [3.05, 3.63) is 0 Å². The van der Waals surface area contributed by atoms with Gasteiger partial charge < -0.3 is 9.80 Å². The van der Waals surface area contributed by atoms with Crippen LogP contribution in [0.1, 0.15) is 19.3 Å². The molecule has 0 aromatic rings. The highest BCUT2D eigenvalue weighted by molar-refractivity contribution is 4.75. The van der Waals surface area contributed by atoms with Crippen LogP contribution in [0.3, 0.4) is 0 Å². The first-order valence-corrected chi connectivity index (χ1v) is 6.62. The summed E-state index contributed by atoms with van der Waals surface area (Å²) in [5.41, 5.74) is 3.72. The van der Waals surface area contributed by atoms with E-state index >= 15 is 0 Å². The molecule has 2 saturated heterocycles. The van der Waals surface area contributed by atoms with E-state index in [1.165, 1.54) is 58.5 Å². The number of likely N-dealkylation sites (N-methyl/N-ethyl adjacent to an activating group) is 1. The van der Waals surface area contributed by atoms with Crippen LogP contribution in [-0.2, 0) is 0 Å². The Bertz CT molecular complexity index is 201. The van der Waals surface area contributed by atoms with E-state index in [9.17, 15) is 0 Å². The molecule has 4 heteroatoms. The van der Waals surface area contributed by atoms with E-state index in [0.717, 1.165) is 0 Å². The van der Waals surface area contributed by atoms with Crippen molar-refractivity contribution in [3.8, 4) is 0 Å². The lowest BCUT2D eigenvalue weighted by Gasteiger charge is -2.35. The van der Waals surface area contributed by atoms with Gasteiger partial charge in [0.1, 0.15) is 0 Å². The van der Waals surface area contributed by atoms with Gasteiger partial charge in [0, 0.05) is 32.2 Å². The summed E-state index contributed by atoms with van der Waals surface area (Å²) >= 11 is 0. The molecule has 0 aromatic carbocycles. The van der Waals surface area contributed by atoms with Gasteiger partial charge in [-0.2, -0.15) is 0 Å². The Morgan fingerprint density at radius 3 is 2.25 bits per heavy atom. The van der Waals surface area contributed by atoms with Gasteiger partial charge in [-0.15, -0.1) is 0 Å². The van der Waals surface area contributed by atoms with E-state index in [2.05, 4.69) is 34.3 Å². The van der Waals surface area contributed by atoms with Crippen molar-refractivity contribution in [3.63, 3.8) is 0 Å². The maximum atomic E-state index is 3.72. The molecule has 1 atom stereocenters. The van der Waals surface area contributed by atoms with E-state index in [1.807, 2.05) is 0 Å². The number of nitrogens with one attached hydrogen (secondary N) is 1. The number of rotatable bonds is 2. The molecular weight excluding hydrogens is 200 g/mol. The van der Waals surface area contributed by atoms with Crippen LogP contribution in [0.4, 0.5) is 0 Å². The van der Waals surface area contributed by atoms with Gasteiger partial charge in [0.2, 0.25) is 0 Å². The fraction of sp³-hybridized carbons (Fsp3) is 1.00. The number of likely N-dealkylation sites (tertiary alicyclic amines) is 1. The zero-order valence-corrected chi connectivity index (χ0v) is 10.8. The minimum atomic E-state index is 0.702. The van der Waals surface area contributed by atoms with Crippen molar-refractivity contribution >= 4 is 0 Å². The second kappa shape index (κ2) is 5.96. The van der Waals surface area contributed by atoms with Crippen LogP contribution < -0.4 is 5.43 Å². The summed E-state index contributed by atoms with van der Waals surface area (Å²) in [6.45, 7) is 7.23. The lowest BCUT2D eigenvalue weighted by atomic mass is 10.1. The van der Waals surface area contributed by atoms with Crippen LogP contribution in [0, 0.1) is 0 Å². The highest BCUT2D eigenvalue weighted by Gasteiger charge is 2.19. The summed E-state index contributed by atoms with van der Waals surface area (Å²) in [7, 11) is 4.44. The highest BCUT2D eigenvalue weighted by atomic mass is 15.5.